The minimum atomic E-state index is -0.974. The molecule has 0 radical (unpaired) electrons. The van der Waals surface area contributed by atoms with Crippen molar-refractivity contribution in [1.29, 1.82) is 0 Å². The molecular formula is C23H29FN2O. The first-order chi connectivity index (χ1) is 13.0. The number of nitrogens with two attached hydrogens (primary N) is 1. The van der Waals surface area contributed by atoms with Crippen LogP contribution in [0.2, 0.25) is 0 Å². The van der Waals surface area contributed by atoms with Gasteiger partial charge >= 0.3 is 0 Å². The van der Waals surface area contributed by atoms with Crippen molar-refractivity contribution in [3.8, 4) is 5.75 Å². The molecular weight excluding hydrogens is 339 g/mol. The molecule has 2 aromatic rings. The predicted molar refractivity (Wildman–Crippen MR) is 106 cm³/mol. The van der Waals surface area contributed by atoms with Crippen LogP contribution in [0.15, 0.2) is 42.5 Å². The van der Waals surface area contributed by atoms with Crippen LogP contribution in [0.25, 0.3) is 0 Å². The fraction of sp³-hybridized carbons (Fsp3) is 0.478. The van der Waals surface area contributed by atoms with Crippen LogP contribution in [0.3, 0.4) is 0 Å². The molecule has 2 N–H and O–H groups in total. The molecule has 1 aliphatic carbocycles. The number of rotatable bonds is 6. The van der Waals surface area contributed by atoms with Crippen LogP contribution in [0.4, 0.5) is 4.39 Å². The van der Waals surface area contributed by atoms with Gasteiger partial charge in [-0.2, -0.15) is 0 Å². The molecule has 0 unspecified atom stereocenters. The van der Waals surface area contributed by atoms with Gasteiger partial charge in [0.2, 0.25) is 0 Å². The van der Waals surface area contributed by atoms with Gasteiger partial charge in [-0.1, -0.05) is 30.3 Å². The molecule has 0 aromatic heterocycles. The summed E-state index contributed by atoms with van der Waals surface area (Å²) < 4.78 is 19.5. The highest BCUT2D eigenvalue weighted by Gasteiger charge is 2.40. The van der Waals surface area contributed by atoms with Gasteiger partial charge < -0.3 is 10.5 Å². The maximum atomic E-state index is 13.6. The highest BCUT2D eigenvalue weighted by molar-refractivity contribution is 5.37. The van der Waals surface area contributed by atoms with Gasteiger partial charge in [0.15, 0.2) is 0 Å². The van der Waals surface area contributed by atoms with Gasteiger partial charge in [0.1, 0.15) is 11.4 Å². The highest BCUT2D eigenvalue weighted by Crippen LogP contribution is 2.40. The summed E-state index contributed by atoms with van der Waals surface area (Å²) in [5, 5.41) is 0. The van der Waals surface area contributed by atoms with Crippen molar-refractivity contribution in [2.45, 2.75) is 51.5 Å². The lowest BCUT2D eigenvalue weighted by Crippen LogP contribution is -2.39. The summed E-state index contributed by atoms with van der Waals surface area (Å²) in [6, 6.07) is 15.0. The number of ether oxygens (including phenoxy) is 1. The Labute approximate surface area is 161 Å². The van der Waals surface area contributed by atoms with E-state index in [2.05, 4.69) is 47.4 Å². The molecule has 2 aromatic carbocycles. The summed E-state index contributed by atoms with van der Waals surface area (Å²) in [6.45, 7) is 5.89. The number of hydrogen-bond donors (Lipinski definition) is 1. The van der Waals surface area contributed by atoms with E-state index >= 15 is 0 Å². The van der Waals surface area contributed by atoms with Crippen LogP contribution in [0, 0.1) is 5.92 Å². The molecule has 0 bridgehead atoms. The second-order valence-corrected chi connectivity index (χ2v) is 8.41. The van der Waals surface area contributed by atoms with Gasteiger partial charge in [-0.25, -0.2) is 4.39 Å². The molecule has 1 fully saturated rings. The van der Waals surface area contributed by atoms with Gasteiger partial charge in [-0.05, 0) is 66.5 Å². The highest BCUT2D eigenvalue weighted by atomic mass is 19.1. The first kappa shape index (κ1) is 18.5. The topological polar surface area (TPSA) is 38.5 Å². The average Bonchev–Trinajstić information content (AvgIpc) is 2.65. The van der Waals surface area contributed by atoms with Gasteiger partial charge in [-0.15, -0.1) is 0 Å². The lowest BCUT2D eigenvalue weighted by Gasteiger charge is -2.38. The third-order valence-electron chi connectivity index (χ3n) is 5.85. The second kappa shape index (κ2) is 7.61. The molecule has 144 valence electrons. The van der Waals surface area contributed by atoms with Crippen molar-refractivity contribution < 1.29 is 9.13 Å². The fourth-order valence-electron chi connectivity index (χ4n) is 4.33. The molecule has 0 amide bonds. The number of halogens is 1. The Bertz CT molecular complexity index is 779. The zero-order valence-electron chi connectivity index (χ0n) is 16.1. The zero-order chi connectivity index (χ0) is 18.9. The summed E-state index contributed by atoms with van der Waals surface area (Å²) in [5.74, 6) is 1.28. The molecule has 1 heterocycles. The Morgan fingerprint density at radius 2 is 1.85 bits per heavy atom. The number of nitrogens with zero attached hydrogens (tertiary/aromatic N) is 1. The van der Waals surface area contributed by atoms with Crippen molar-refractivity contribution in [2.75, 3.05) is 13.2 Å². The molecule has 0 spiro atoms. The third-order valence-corrected chi connectivity index (χ3v) is 5.85. The van der Waals surface area contributed by atoms with Gasteiger partial charge in [0.25, 0.3) is 0 Å². The minimum Gasteiger partial charge on any atom is -0.493 e. The molecule has 1 aliphatic heterocycles. The van der Waals surface area contributed by atoms with Crippen molar-refractivity contribution >= 4 is 0 Å². The smallest absolute Gasteiger partial charge is 0.119 e. The first-order valence-electron chi connectivity index (χ1n) is 9.94. The number of hydrogen-bond acceptors (Lipinski definition) is 3. The molecule has 0 saturated heterocycles. The Kier molecular flexibility index (Phi) is 5.20. The molecule has 2 aliphatic rings. The summed E-state index contributed by atoms with van der Waals surface area (Å²) in [5.41, 5.74) is 9.97. The second-order valence-electron chi connectivity index (χ2n) is 8.41. The number of benzene rings is 2. The molecule has 27 heavy (non-hydrogen) atoms. The lowest BCUT2D eigenvalue weighted by atomic mass is 9.74. The van der Waals surface area contributed by atoms with Gasteiger partial charge in [0, 0.05) is 26.2 Å². The van der Waals surface area contributed by atoms with E-state index in [0.717, 1.165) is 31.8 Å². The monoisotopic (exact) mass is 368 g/mol. The Balaban J connectivity index is 1.32. The Morgan fingerprint density at radius 1 is 1.11 bits per heavy atom. The molecule has 1 saturated carbocycles. The molecule has 4 rings (SSSR count). The summed E-state index contributed by atoms with van der Waals surface area (Å²) in [4.78, 5) is 2.48. The van der Waals surface area contributed by atoms with E-state index in [-0.39, 0.29) is 0 Å². The van der Waals surface area contributed by atoms with E-state index in [1.807, 2.05) is 0 Å². The molecule has 4 heteroatoms. The van der Waals surface area contributed by atoms with E-state index in [1.165, 1.54) is 22.3 Å². The SMILES string of the molecule is CC1(F)CC(COc2ccc3c(c2)CCN(Cc2ccc(CN)cc2)C3)C1. The standard InChI is InChI=1S/C23H29FN2O/c1-23(24)11-19(12-23)16-27-22-7-6-21-15-26(9-8-20(21)10-22)14-18-4-2-17(13-25)3-5-18/h2-7,10,19H,8-9,11-16,25H2,1H3. The van der Waals surface area contributed by atoms with Crippen LogP contribution in [0.1, 0.15) is 42.0 Å². The van der Waals surface area contributed by atoms with Crippen molar-refractivity contribution in [1.82, 2.24) is 4.90 Å². The van der Waals surface area contributed by atoms with E-state index < -0.39 is 5.67 Å². The van der Waals surface area contributed by atoms with Crippen molar-refractivity contribution in [2.24, 2.45) is 11.7 Å². The van der Waals surface area contributed by atoms with E-state index in [4.69, 9.17) is 10.5 Å². The van der Waals surface area contributed by atoms with Crippen LogP contribution >= 0.6 is 0 Å². The zero-order valence-corrected chi connectivity index (χ0v) is 16.1. The fourth-order valence-corrected chi connectivity index (χ4v) is 4.33. The van der Waals surface area contributed by atoms with Crippen molar-refractivity contribution in [3.05, 3.63) is 64.7 Å². The van der Waals surface area contributed by atoms with E-state index in [0.29, 0.717) is 31.9 Å². The minimum absolute atomic E-state index is 0.359. The average molecular weight is 368 g/mol. The predicted octanol–water partition coefficient (Wildman–Crippen LogP) is 4.22. The Hall–Kier alpha value is -1.91. The van der Waals surface area contributed by atoms with E-state index in [9.17, 15) is 4.39 Å². The Morgan fingerprint density at radius 3 is 2.56 bits per heavy atom. The molecule has 0 atom stereocenters. The number of alkyl halides is 1. The van der Waals surface area contributed by atoms with Crippen LogP contribution in [0.5, 0.6) is 5.75 Å². The van der Waals surface area contributed by atoms with Crippen LogP contribution in [-0.4, -0.2) is 23.7 Å². The number of fused-ring (bicyclic) bond motifs is 1. The summed E-state index contributed by atoms with van der Waals surface area (Å²) >= 11 is 0. The maximum absolute atomic E-state index is 13.6. The summed E-state index contributed by atoms with van der Waals surface area (Å²) in [6.07, 6.45) is 2.29. The van der Waals surface area contributed by atoms with Gasteiger partial charge in [0.05, 0.1) is 6.61 Å². The quantitative estimate of drug-likeness (QED) is 0.830. The van der Waals surface area contributed by atoms with Crippen molar-refractivity contribution in [3.63, 3.8) is 0 Å². The molecule has 3 nitrogen and oxygen atoms in total. The first-order valence-corrected chi connectivity index (χ1v) is 9.94. The normalized spacial score (nSPS) is 24.9. The lowest BCUT2D eigenvalue weighted by molar-refractivity contribution is 0.00240. The van der Waals surface area contributed by atoms with Gasteiger partial charge in [-0.3, -0.25) is 4.90 Å². The van der Waals surface area contributed by atoms with Crippen LogP contribution in [-0.2, 0) is 26.1 Å². The van der Waals surface area contributed by atoms with E-state index in [1.54, 1.807) is 6.92 Å². The third kappa shape index (κ3) is 4.50. The van der Waals surface area contributed by atoms with Crippen LogP contribution < -0.4 is 10.5 Å². The maximum Gasteiger partial charge on any atom is 0.119 e. The summed E-state index contributed by atoms with van der Waals surface area (Å²) in [7, 11) is 0. The largest absolute Gasteiger partial charge is 0.493 e.